The molecule has 2 unspecified atom stereocenters. The lowest BCUT2D eigenvalue weighted by Crippen LogP contribution is -2.63. The maximum Gasteiger partial charge on any atom is 0.322 e. The minimum atomic E-state index is -1.06. The number of rotatable bonds is 2. The van der Waals surface area contributed by atoms with E-state index in [0.29, 0.717) is 13.1 Å². The van der Waals surface area contributed by atoms with Gasteiger partial charge in [0.2, 0.25) is 5.91 Å². The molecule has 6 nitrogen and oxygen atoms in total. The number of hydrogen-bond donors (Lipinski definition) is 4. The highest BCUT2D eigenvalue weighted by Gasteiger charge is 2.33. The van der Waals surface area contributed by atoms with Crippen molar-refractivity contribution >= 4 is 11.9 Å². The molecule has 1 fully saturated rings. The van der Waals surface area contributed by atoms with Crippen LogP contribution in [0.4, 0.5) is 0 Å². The molecule has 1 rings (SSSR count). The van der Waals surface area contributed by atoms with Gasteiger partial charge in [0.05, 0.1) is 0 Å². The van der Waals surface area contributed by atoms with Crippen molar-refractivity contribution in [2.45, 2.75) is 12.1 Å². The number of nitrogens with one attached hydrogen (secondary N) is 2. The summed E-state index contributed by atoms with van der Waals surface area (Å²) in [5.41, 5.74) is 4.99. The number of aliphatic carboxylic acids is 1. The molecule has 0 saturated carbocycles. The summed E-state index contributed by atoms with van der Waals surface area (Å²) < 4.78 is 0. The van der Waals surface area contributed by atoms with Crippen molar-refractivity contribution in [3.63, 3.8) is 0 Å². The number of hydrogen-bond acceptors (Lipinski definition) is 4. The largest absolute Gasteiger partial charge is 0.480 e. The summed E-state index contributed by atoms with van der Waals surface area (Å²) >= 11 is 0. The van der Waals surface area contributed by atoms with Gasteiger partial charge in [-0.1, -0.05) is 0 Å². The maximum atomic E-state index is 10.7. The molecule has 1 aliphatic rings. The van der Waals surface area contributed by atoms with Crippen LogP contribution in [0, 0.1) is 0 Å². The molecule has 1 amide bonds. The van der Waals surface area contributed by atoms with Gasteiger partial charge >= 0.3 is 5.97 Å². The lowest BCUT2D eigenvalue weighted by Gasteiger charge is -2.28. The van der Waals surface area contributed by atoms with Crippen LogP contribution >= 0.6 is 0 Å². The zero-order valence-corrected chi connectivity index (χ0v) is 6.41. The smallest absolute Gasteiger partial charge is 0.322 e. The van der Waals surface area contributed by atoms with E-state index in [-0.39, 0.29) is 0 Å². The standard InChI is InChI=1S/C6H11N3O3/c7-5(10)3-4(6(11)12)9-2-1-8-3/h3-4,8-9H,1-2H2,(H2,7,10)(H,11,12). The SMILES string of the molecule is NC(=O)C1NCCNC1C(=O)O. The summed E-state index contributed by atoms with van der Waals surface area (Å²) in [5.74, 6) is -1.71. The van der Waals surface area contributed by atoms with Crippen LogP contribution in [0.3, 0.4) is 0 Å². The van der Waals surface area contributed by atoms with Gasteiger partial charge in [-0.3, -0.25) is 9.59 Å². The van der Waals surface area contributed by atoms with E-state index in [1.165, 1.54) is 0 Å². The Bertz CT molecular complexity index is 184. The number of primary amides is 1. The molecule has 0 radical (unpaired) electrons. The Balaban J connectivity index is 2.67. The Kier molecular flexibility index (Phi) is 2.61. The fourth-order valence-electron chi connectivity index (χ4n) is 1.19. The van der Waals surface area contributed by atoms with Crippen molar-refractivity contribution in [3.05, 3.63) is 0 Å². The molecule has 6 heteroatoms. The molecule has 1 aliphatic heterocycles. The van der Waals surface area contributed by atoms with Crippen LogP contribution in [0.1, 0.15) is 0 Å². The van der Waals surface area contributed by atoms with Gasteiger partial charge in [-0.05, 0) is 0 Å². The van der Waals surface area contributed by atoms with Crippen molar-refractivity contribution < 1.29 is 14.7 Å². The highest BCUT2D eigenvalue weighted by atomic mass is 16.4. The Morgan fingerprint density at radius 2 is 1.75 bits per heavy atom. The van der Waals surface area contributed by atoms with E-state index in [0.717, 1.165) is 0 Å². The van der Waals surface area contributed by atoms with Gasteiger partial charge in [0.25, 0.3) is 0 Å². The Morgan fingerprint density at radius 1 is 1.25 bits per heavy atom. The maximum absolute atomic E-state index is 10.7. The fourth-order valence-corrected chi connectivity index (χ4v) is 1.19. The zero-order valence-electron chi connectivity index (χ0n) is 6.41. The molecule has 0 aromatic rings. The van der Waals surface area contributed by atoms with Gasteiger partial charge in [0.1, 0.15) is 12.1 Å². The summed E-state index contributed by atoms with van der Waals surface area (Å²) in [5, 5.41) is 14.1. The average molecular weight is 173 g/mol. The first-order valence-electron chi connectivity index (χ1n) is 3.62. The van der Waals surface area contributed by atoms with E-state index < -0.39 is 24.0 Å². The predicted octanol–water partition coefficient (Wildman–Crippen LogP) is -2.51. The van der Waals surface area contributed by atoms with Crippen molar-refractivity contribution in [2.75, 3.05) is 13.1 Å². The number of carboxylic acids is 1. The quantitative estimate of drug-likeness (QED) is 0.369. The van der Waals surface area contributed by atoms with Crippen molar-refractivity contribution in [1.82, 2.24) is 10.6 Å². The molecular formula is C6H11N3O3. The Morgan fingerprint density at radius 3 is 2.08 bits per heavy atom. The van der Waals surface area contributed by atoms with Crippen LogP contribution in [0.2, 0.25) is 0 Å². The minimum Gasteiger partial charge on any atom is -0.480 e. The molecule has 1 saturated heterocycles. The molecule has 2 atom stereocenters. The van der Waals surface area contributed by atoms with E-state index in [4.69, 9.17) is 10.8 Å². The average Bonchev–Trinajstić information content (AvgIpc) is 2.04. The van der Waals surface area contributed by atoms with Crippen LogP contribution in [0.25, 0.3) is 0 Å². The molecule has 0 spiro atoms. The van der Waals surface area contributed by atoms with E-state index in [1.807, 2.05) is 0 Å². The van der Waals surface area contributed by atoms with Gasteiger partial charge in [0.15, 0.2) is 0 Å². The first-order valence-corrected chi connectivity index (χ1v) is 3.62. The molecule has 5 N–H and O–H groups in total. The molecule has 1 heterocycles. The van der Waals surface area contributed by atoms with Gasteiger partial charge in [-0.25, -0.2) is 0 Å². The second kappa shape index (κ2) is 3.51. The topological polar surface area (TPSA) is 104 Å². The van der Waals surface area contributed by atoms with Crippen molar-refractivity contribution in [3.8, 4) is 0 Å². The predicted molar refractivity (Wildman–Crippen MR) is 40.4 cm³/mol. The first-order chi connectivity index (χ1) is 5.63. The number of carbonyl (C=O) groups excluding carboxylic acids is 1. The molecule has 0 aliphatic carbocycles. The molecule has 68 valence electrons. The van der Waals surface area contributed by atoms with Crippen molar-refractivity contribution in [2.24, 2.45) is 5.73 Å². The summed E-state index contributed by atoms with van der Waals surface area (Å²) in [6, 6.07) is -1.72. The monoisotopic (exact) mass is 173 g/mol. The van der Waals surface area contributed by atoms with Crippen LogP contribution in [0.15, 0.2) is 0 Å². The highest BCUT2D eigenvalue weighted by Crippen LogP contribution is 1.97. The van der Waals surface area contributed by atoms with Gasteiger partial charge in [-0.2, -0.15) is 0 Å². The number of carbonyl (C=O) groups is 2. The van der Waals surface area contributed by atoms with E-state index in [2.05, 4.69) is 10.6 Å². The van der Waals surface area contributed by atoms with Crippen LogP contribution in [-0.2, 0) is 9.59 Å². The van der Waals surface area contributed by atoms with Crippen LogP contribution in [0.5, 0.6) is 0 Å². The third-order valence-electron chi connectivity index (χ3n) is 1.76. The van der Waals surface area contributed by atoms with Gasteiger partial charge in [0, 0.05) is 13.1 Å². The first kappa shape index (κ1) is 8.95. The lowest BCUT2D eigenvalue weighted by atomic mass is 10.1. The lowest BCUT2D eigenvalue weighted by molar-refractivity contribution is -0.143. The molecule has 0 aromatic carbocycles. The normalized spacial score (nSPS) is 29.7. The molecule has 0 aromatic heterocycles. The third kappa shape index (κ3) is 1.72. The Labute approximate surface area is 69.1 Å². The molecule has 12 heavy (non-hydrogen) atoms. The fraction of sp³-hybridized carbons (Fsp3) is 0.667. The summed E-state index contributed by atoms with van der Waals surface area (Å²) in [6.45, 7) is 1.08. The zero-order chi connectivity index (χ0) is 9.14. The van der Waals surface area contributed by atoms with E-state index in [9.17, 15) is 9.59 Å². The number of piperazine rings is 1. The van der Waals surface area contributed by atoms with Gasteiger partial charge < -0.3 is 21.5 Å². The molecule has 0 bridgehead atoms. The number of amides is 1. The van der Waals surface area contributed by atoms with E-state index in [1.54, 1.807) is 0 Å². The summed E-state index contributed by atoms with van der Waals surface area (Å²) in [6.07, 6.45) is 0. The molecular weight excluding hydrogens is 162 g/mol. The highest BCUT2D eigenvalue weighted by molar-refractivity contribution is 5.88. The third-order valence-corrected chi connectivity index (χ3v) is 1.76. The summed E-state index contributed by atoms with van der Waals surface area (Å²) in [7, 11) is 0. The minimum absolute atomic E-state index is 0.529. The van der Waals surface area contributed by atoms with Crippen LogP contribution in [-0.4, -0.2) is 42.2 Å². The second-order valence-corrected chi connectivity index (χ2v) is 2.60. The van der Waals surface area contributed by atoms with Crippen LogP contribution < -0.4 is 16.4 Å². The number of nitrogens with two attached hydrogens (primary N) is 1. The second-order valence-electron chi connectivity index (χ2n) is 2.60. The van der Waals surface area contributed by atoms with E-state index >= 15 is 0 Å². The Hall–Kier alpha value is -1.14. The van der Waals surface area contributed by atoms with Crippen molar-refractivity contribution in [1.29, 1.82) is 0 Å². The number of carboxylic acid groups (broad SMARTS) is 1. The summed E-state index contributed by atoms with van der Waals surface area (Å²) in [4.78, 5) is 21.3. The van der Waals surface area contributed by atoms with Gasteiger partial charge in [-0.15, -0.1) is 0 Å².